The van der Waals surface area contributed by atoms with E-state index in [0.717, 1.165) is 55.1 Å². The van der Waals surface area contributed by atoms with E-state index >= 15 is 0 Å². The van der Waals surface area contributed by atoms with E-state index in [1.54, 1.807) is 18.2 Å². The molecule has 1 fully saturated rings. The zero-order valence-electron chi connectivity index (χ0n) is 23.7. The summed E-state index contributed by atoms with van der Waals surface area (Å²) < 4.78 is 41.0. The van der Waals surface area contributed by atoms with E-state index in [9.17, 15) is 19.0 Å². The lowest BCUT2D eigenvalue weighted by Gasteiger charge is -2.39. The number of hydrogen-bond donors (Lipinski definition) is 2. The van der Waals surface area contributed by atoms with E-state index in [2.05, 4.69) is 11.8 Å². The normalized spacial score (nSPS) is 20.3. The number of hydrogen-bond acceptors (Lipinski definition) is 5. The number of phenolic OH excluding ortho intramolecular Hbond substituents is 2. The highest BCUT2D eigenvalue weighted by Crippen LogP contribution is 2.52. The first-order chi connectivity index (χ1) is 18.8. The van der Waals surface area contributed by atoms with Crippen LogP contribution in [0.4, 0.5) is 8.78 Å². The lowest BCUT2D eigenvalue weighted by molar-refractivity contribution is 0.0202. The molecular formula is C32H41F2NO4. The van der Waals surface area contributed by atoms with Gasteiger partial charge < -0.3 is 19.7 Å². The van der Waals surface area contributed by atoms with E-state index in [-0.39, 0.29) is 17.8 Å². The molecule has 0 amide bonds. The highest BCUT2D eigenvalue weighted by molar-refractivity contribution is 5.48. The van der Waals surface area contributed by atoms with Gasteiger partial charge in [0.2, 0.25) is 0 Å². The van der Waals surface area contributed by atoms with Crippen molar-refractivity contribution in [1.82, 2.24) is 4.90 Å². The number of rotatable bonds is 6. The van der Waals surface area contributed by atoms with Crippen LogP contribution in [-0.2, 0) is 0 Å². The molecule has 3 aromatic rings. The van der Waals surface area contributed by atoms with Crippen molar-refractivity contribution in [2.75, 3.05) is 19.6 Å². The van der Waals surface area contributed by atoms with Crippen molar-refractivity contribution in [2.24, 2.45) is 0 Å². The Labute approximate surface area is 231 Å². The zero-order chi connectivity index (χ0) is 28.7. The van der Waals surface area contributed by atoms with Crippen LogP contribution < -0.4 is 9.47 Å². The van der Waals surface area contributed by atoms with Crippen LogP contribution >= 0.6 is 0 Å². The van der Waals surface area contributed by atoms with Gasteiger partial charge in [-0.05, 0) is 65.9 Å². The first-order valence-electron chi connectivity index (χ1n) is 14.0. The average molecular weight is 542 g/mol. The Morgan fingerprint density at radius 3 is 2.10 bits per heavy atom. The van der Waals surface area contributed by atoms with Crippen molar-refractivity contribution in [2.45, 2.75) is 72.0 Å². The van der Waals surface area contributed by atoms with Gasteiger partial charge in [-0.1, -0.05) is 59.7 Å². The summed E-state index contributed by atoms with van der Waals surface area (Å²) in [5, 5.41) is 19.6. The minimum absolute atomic E-state index is 0.0798. The molecule has 5 nitrogen and oxygen atoms in total. The molecule has 0 spiro atoms. The van der Waals surface area contributed by atoms with Crippen LogP contribution in [0.15, 0.2) is 54.6 Å². The molecule has 0 saturated carbocycles. The van der Waals surface area contributed by atoms with Crippen LogP contribution in [0.25, 0.3) is 0 Å². The monoisotopic (exact) mass is 541 g/mol. The third kappa shape index (κ3) is 6.64. The van der Waals surface area contributed by atoms with Crippen molar-refractivity contribution >= 4 is 0 Å². The molecule has 0 bridgehead atoms. The molecule has 3 aromatic carbocycles. The van der Waals surface area contributed by atoms with E-state index < -0.39 is 29.4 Å². The van der Waals surface area contributed by atoms with E-state index in [4.69, 9.17) is 9.47 Å². The van der Waals surface area contributed by atoms with Gasteiger partial charge in [0.15, 0.2) is 17.4 Å². The molecule has 2 aliphatic heterocycles. The third-order valence-corrected chi connectivity index (χ3v) is 7.01. The number of aromatic hydroxyl groups is 2. The lowest BCUT2D eigenvalue weighted by Crippen LogP contribution is -2.53. The second-order valence-electron chi connectivity index (χ2n) is 9.48. The predicted molar refractivity (Wildman–Crippen MR) is 151 cm³/mol. The molecule has 212 valence electrons. The van der Waals surface area contributed by atoms with Crippen molar-refractivity contribution in [3.05, 3.63) is 82.9 Å². The first-order valence-corrected chi connectivity index (χ1v) is 14.0. The van der Waals surface area contributed by atoms with Gasteiger partial charge in [-0.2, -0.15) is 0 Å². The Kier molecular flexibility index (Phi) is 10.6. The van der Waals surface area contributed by atoms with Gasteiger partial charge in [0.05, 0.1) is 0 Å². The summed E-state index contributed by atoms with van der Waals surface area (Å²) in [6.45, 7) is 15.0. The summed E-state index contributed by atoms with van der Waals surface area (Å²) in [6, 6.07) is 14.8. The molecule has 3 unspecified atom stereocenters. The highest BCUT2D eigenvalue weighted by Gasteiger charge is 2.39. The summed E-state index contributed by atoms with van der Waals surface area (Å²) in [4.78, 5) is 2.35. The van der Waals surface area contributed by atoms with Gasteiger partial charge in [-0.15, -0.1) is 0 Å². The Hall–Kier alpha value is -3.32. The number of benzene rings is 3. The molecule has 5 rings (SSSR count). The molecule has 2 heterocycles. The lowest BCUT2D eigenvalue weighted by atomic mass is 9.75. The van der Waals surface area contributed by atoms with Gasteiger partial charge >= 0.3 is 0 Å². The largest absolute Gasteiger partial charge is 0.508 e. The van der Waals surface area contributed by atoms with Crippen LogP contribution in [0.5, 0.6) is 23.0 Å². The molecule has 39 heavy (non-hydrogen) atoms. The van der Waals surface area contributed by atoms with E-state index in [0.29, 0.717) is 11.3 Å². The fourth-order valence-corrected chi connectivity index (χ4v) is 5.21. The maximum Gasteiger partial charge on any atom is 0.187 e. The third-order valence-electron chi connectivity index (χ3n) is 7.01. The quantitative estimate of drug-likeness (QED) is 0.332. The van der Waals surface area contributed by atoms with Crippen LogP contribution in [0.1, 0.15) is 82.6 Å². The van der Waals surface area contributed by atoms with E-state index in [1.165, 1.54) is 0 Å². The molecule has 2 aliphatic rings. The SMILES string of the molecule is CC.CC.CCCN1CC(Oc2ccc(C3Oc4cc(O)ccc4C(C)C3c3cc(F)c(O)c(F)c3)cc2)C1. The van der Waals surface area contributed by atoms with Crippen molar-refractivity contribution < 1.29 is 28.5 Å². The smallest absolute Gasteiger partial charge is 0.187 e. The Morgan fingerprint density at radius 2 is 1.51 bits per heavy atom. The minimum atomic E-state index is -1.01. The summed E-state index contributed by atoms with van der Waals surface area (Å²) >= 11 is 0. The number of likely N-dealkylation sites (tertiary alicyclic amines) is 1. The number of halogens is 2. The Bertz CT molecular complexity index is 1190. The summed E-state index contributed by atoms with van der Waals surface area (Å²) in [7, 11) is 0. The fourth-order valence-electron chi connectivity index (χ4n) is 5.21. The second kappa shape index (κ2) is 13.7. The van der Waals surface area contributed by atoms with Gasteiger partial charge in [-0.25, -0.2) is 8.78 Å². The van der Waals surface area contributed by atoms with E-state index in [1.807, 2.05) is 58.9 Å². The van der Waals surface area contributed by atoms with Crippen LogP contribution in [-0.4, -0.2) is 40.9 Å². The summed E-state index contributed by atoms with van der Waals surface area (Å²) in [6.07, 6.45) is 0.724. The van der Waals surface area contributed by atoms with Crippen molar-refractivity contribution in [3.8, 4) is 23.0 Å². The maximum absolute atomic E-state index is 14.3. The van der Waals surface area contributed by atoms with Gasteiger partial charge in [0, 0.05) is 25.1 Å². The molecule has 0 radical (unpaired) electrons. The van der Waals surface area contributed by atoms with Gasteiger partial charge in [0.1, 0.15) is 29.5 Å². The molecule has 7 heteroatoms. The Balaban J connectivity index is 0.00000100. The number of phenols is 2. The zero-order valence-corrected chi connectivity index (χ0v) is 23.7. The Morgan fingerprint density at radius 1 is 0.897 bits per heavy atom. The highest BCUT2D eigenvalue weighted by atomic mass is 19.1. The molecule has 0 aromatic heterocycles. The number of nitrogens with zero attached hydrogens (tertiary/aromatic N) is 1. The van der Waals surface area contributed by atoms with Gasteiger partial charge in [-0.3, -0.25) is 4.90 Å². The summed E-state index contributed by atoms with van der Waals surface area (Å²) in [5.41, 5.74) is 2.04. The van der Waals surface area contributed by atoms with Gasteiger partial charge in [0.25, 0.3) is 0 Å². The number of fused-ring (bicyclic) bond motifs is 1. The van der Waals surface area contributed by atoms with Crippen LogP contribution in [0.2, 0.25) is 0 Å². The molecule has 0 aliphatic carbocycles. The molecule has 1 saturated heterocycles. The minimum Gasteiger partial charge on any atom is -0.508 e. The molecule has 3 atom stereocenters. The summed E-state index contributed by atoms with van der Waals surface area (Å²) in [5.74, 6) is -2.25. The topological polar surface area (TPSA) is 62.2 Å². The van der Waals surface area contributed by atoms with Crippen LogP contribution in [0, 0.1) is 11.6 Å². The number of ether oxygens (including phenoxy) is 2. The average Bonchev–Trinajstić information content (AvgIpc) is 2.92. The van der Waals surface area contributed by atoms with Crippen LogP contribution in [0.3, 0.4) is 0 Å². The second-order valence-corrected chi connectivity index (χ2v) is 9.48. The predicted octanol–water partition coefficient (Wildman–Crippen LogP) is 7.92. The maximum atomic E-state index is 14.3. The standard InChI is InChI=1S/C28H29F2NO4.2C2H6/c1-3-10-31-14-21(15-31)34-20-7-4-17(5-8-20)28-26(18-11-23(29)27(33)24(30)12-18)16(2)22-9-6-19(32)13-25(22)35-28;2*1-2/h4-9,11-13,16,21,26,28,32-33H,3,10,14-15H2,1-2H3;2*1-2H3. The van der Waals surface area contributed by atoms with Crippen molar-refractivity contribution in [3.63, 3.8) is 0 Å². The molecular weight excluding hydrogens is 500 g/mol. The van der Waals surface area contributed by atoms with Crippen molar-refractivity contribution in [1.29, 1.82) is 0 Å². The molecule has 2 N–H and O–H groups in total. The first kappa shape index (κ1) is 30.2. The fraction of sp³-hybridized carbons (Fsp3) is 0.438.